The number of carbonyl (C=O) groups excluding carboxylic acids is 2. The maximum absolute atomic E-state index is 11.7. The molecule has 0 saturated heterocycles. The van der Waals surface area contributed by atoms with E-state index < -0.39 is 11.9 Å². The first-order valence-electron chi connectivity index (χ1n) is 7.69. The second kappa shape index (κ2) is 7.05. The standard InChI is InChI=1S/C20H16O5/c1-13(21)24-18-12-23-17-11-7-6-10-16(17)20(25-14(2)22)19(18)15-8-4-3-5-9-15/h3-12H,1-2H3. The minimum absolute atomic E-state index is 0.172. The molecular weight excluding hydrogens is 320 g/mol. The monoisotopic (exact) mass is 336 g/mol. The number of ether oxygens (including phenoxy) is 3. The maximum atomic E-state index is 11.7. The van der Waals surface area contributed by atoms with Crippen molar-refractivity contribution in [1.29, 1.82) is 0 Å². The molecule has 0 atom stereocenters. The lowest BCUT2D eigenvalue weighted by molar-refractivity contribution is -0.136. The van der Waals surface area contributed by atoms with E-state index in [1.165, 1.54) is 20.1 Å². The lowest BCUT2D eigenvalue weighted by Crippen LogP contribution is -2.06. The number of hydrogen-bond acceptors (Lipinski definition) is 5. The molecule has 126 valence electrons. The van der Waals surface area contributed by atoms with Crippen molar-refractivity contribution in [3.8, 4) is 5.75 Å². The van der Waals surface area contributed by atoms with Crippen molar-refractivity contribution in [3.63, 3.8) is 0 Å². The van der Waals surface area contributed by atoms with E-state index in [1.54, 1.807) is 18.2 Å². The van der Waals surface area contributed by atoms with Gasteiger partial charge in [-0.3, -0.25) is 9.59 Å². The molecule has 0 radical (unpaired) electrons. The quantitative estimate of drug-likeness (QED) is 0.795. The molecule has 1 heterocycles. The topological polar surface area (TPSA) is 61.8 Å². The molecule has 25 heavy (non-hydrogen) atoms. The molecule has 0 amide bonds. The Bertz CT molecular complexity index is 878. The predicted molar refractivity (Wildman–Crippen MR) is 91.9 cm³/mol. The van der Waals surface area contributed by atoms with Gasteiger partial charge in [0.2, 0.25) is 0 Å². The van der Waals surface area contributed by atoms with Gasteiger partial charge in [0.25, 0.3) is 0 Å². The second-order valence-electron chi connectivity index (χ2n) is 5.35. The minimum Gasteiger partial charge on any atom is -0.460 e. The Balaban J connectivity index is 2.30. The zero-order valence-electron chi connectivity index (χ0n) is 13.8. The van der Waals surface area contributed by atoms with E-state index in [1.807, 2.05) is 36.4 Å². The van der Waals surface area contributed by atoms with E-state index in [4.69, 9.17) is 14.2 Å². The summed E-state index contributed by atoms with van der Waals surface area (Å²) in [5, 5.41) is 0. The summed E-state index contributed by atoms with van der Waals surface area (Å²) in [6.07, 6.45) is 1.35. The van der Waals surface area contributed by atoms with Crippen LogP contribution in [0.3, 0.4) is 0 Å². The van der Waals surface area contributed by atoms with Gasteiger partial charge >= 0.3 is 11.9 Å². The highest BCUT2D eigenvalue weighted by molar-refractivity contribution is 5.99. The van der Waals surface area contributed by atoms with E-state index in [2.05, 4.69) is 0 Å². The number of allylic oxidation sites excluding steroid dienone is 1. The first-order chi connectivity index (χ1) is 12.1. The van der Waals surface area contributed by atoms with Crippen LogP contribution in [-0.2, 0) is 19.1 Å². The van der Waals surface area contributed by atoms with Crippen LogP contribution in [0.15, 0.2) is 66.6 Å². The van der Waals surface area contributed by atoms with Crippen LogP contribution in [0.1, 0.15) is 25.0 Å². The molecule has 2 aromatic rings. The van der Waals surface area contributed by atoms with Gasteiger partial charge < -0.3 is 14.2 Å². The lowest BCUT2D eigenvalue weighted by Gasteiger charge is -2.15. The van der Waals surface area contributed by atoms with Crippen LogP contribution in [-0.4, -0.2) is 11.9 Å². The average molecular weight is 336 g/mol. The highest BCUT2D eigenvalue weighted by Crippen LogP contribution is 2.40. The fourth-order valence-corrected chi connectivity index (χ4v) is 2.54. The van der Waals surface area contributed by atoms with Crippen LogP contribution >= 0.6 is 0 Å². The largest absolute Gasteiger partial charge is 0.460 e. The predicted octanol–water partition coefficient (Wildman–Crippen LogP) is 3.91. The van der Waals surface area contributed by atoms with Gasteiger partial charge in [-0.1, -0.05) is 42.5 Å². The number of hydrogen-bond donors (Lipinski definition) is 0. The Morgan fingerprint density at radius 3 is 2.16 bits per heavy atom. The first kappa shape index (κ1) is 16.5. The van der Waals surface area contributed by atoms with Crippen molar-refractivity contribution < 1.29 is 23.8 Å². The van der Waals surface area contributed by atoms with Gasteiger partial charge in [0, 0.05) is 13.8 Å². The van der Waals surface area contributed by atoms with Crippen LogP contribution in [0, 0.1) is 0 Å². The second-order valence-corrected chi connectivity index (χ2v) is 5.35. The van der Waals surface area contributed by atoms with Crippen LogP contribution in [0.5, 0.6) is 5.75 Å². The number of rotatable bonds is 3. The van der Waals surface area contributed by atoms with E-state index in [0.29, 0.717) is 16.9 Å². The maximum Gasteiger partial charge on any atom is 0.308 e. The van der Waals surface area contributed by atoms with Gasteiger partial charge in [0.15, 0.2) is 11.5 Å². The Morgan fingerprint density at radius 2 is 1.48 bits per heavy atom. The lowest BCUT2D eigenvalue weighted by atomic mass is 9.99. The molecular formula is C20H16O5. The third-order valence-electron chi connectivity index (χ3n) is 3.46. The van der Waals surface area contributed by atoms with Crippen molar-refractivity contribution >= 4 is 23.3 Å². The number of fused-ring (bicyclic) bond motifs is 1. The molecule has 0 saturated carbocycles. The smallest absolute Gasteiger partial charge is 0.308 e. The third kappa shape index (κ3) is 3.61. The van der Waals surface area contributed by atoms with E-state index in [0.717, 1.165) is 5.56 Å². The van der Waals surface area contributed by atoms with Crippen molar-refractivity contribution in [2.45, 2.75) is 13.8 Å². The zero-order valence-corrected chi connectivity index (χ0v) is 13.8. The van der Waals surface area contributed by atoms with Crippen molar-refractivity contribution in [2.24, 2.45) is 0 Å². The number of para-hydroxylation sites is 1. The molecule has 0 N–H and O–H groups in total. The van der Waals surface area contributed by atoms with Crippen molar-refractivity contribution in [3.05, 3.63) is 77.7 Å². The summed E-state index contributed by atoms with van der Waals surface area (Å²) in [6, 6.07) is 16.4. The van der Waals surface area contributed by atoms with Crippen molar-refractivity contribution in [2.75, 3.05) is 0 Å². The molecule has 1 aliphatic rings. The van der Waals surface area contributed by atoms with Crippen LogP contribution in [0.25, 0.3) is 11.3 Å². The van der Waals surface area contributed by atoms with E-state index in [9.17, 15) is 9.59 Å². The number of carbonyl (C=O) groups is 2. The Kier molecular flexibility index (Phi) is 4.66. The van der Waals surface area contributed by atoms with Crippen LogP contribution in [0.2, 0.25) is 0 Å². The Labute approximate surface area is 145 Å². The zero-order chi connectivity index (χ0) is 17.8. The average Bonchev–Trinajstić information content (AvgIpc) is 2.73. The van der Waals surface area contributed by atoms with Gasteiger partial charge in [0.05, 0.1) is 11.1 Å². The summed E-state index contributed by atoms with van der Waals surface area (Å²) in [5.41, 5.74) is 1.79. The fourth-order valence-electron chi connectivity index (χ4n) is 2.54. The van der Waals surface area contributed by atoms with Crippen LogP contribution < -0.4 is 4.74 Å². The number of benzene rings is 2. The highest BCUT2D eigenvalue weighted by Gasteiger charge is 2.26. The summed E-state index contributed by atoms with van der Waals surface area (Å²) in [6.45, 7) is 2.62. The molecule has 0 bridgehead atoms. The number of esters is 2. The summed E-state index contributed by atoms with van der Waals surface area (Å²) in [4.78, 5) is 23.3. The molecule has 0 spiro atoms. The van der Waals surface area contributed by atoms with Gasteiger partial charge in [0.1, 0.15) is 12.0 Å². The molecule has 0 fully saturated rings. The van der Waals surface area contributed by atoms with Crippen LogP contribution in [0.4, 0.5) is 0 Å². The summed E-state index contributed by atoms with van der Waals surface area (Å²) < 4.78 is 16.5. The third-order valence-corrected chi connectivity index (χ3v) is 3.46. The van der Waals surface area contributed by atoms with Gasteiger partial charge in [-0.15, -0.1) is 0 Å². The summed E-state index contributed by atoms with van der Waals surface area (Å²) in [5.74, 6) is -0.0431. The molecule has 0 aromatic heterocycles. The van der Waals surface area contributed by atoms with Gasteiger partial charge in [-0.05, 0) is 17.7 Å². The fraction of sp³-hybridized carbons (Fsp3) is 0.100. The Hall–Kier alpha value is -3.34. The van der Waals surface area contributed by atoms with Gasteiger partial charge in [-0.2, -0.15) is 0 Å². The van der Waals surface area contributed by atoms with E-state index in [-0.39, 0.29) is 11.5 Å². The molecule has 2 aromatic carbocycles. The SMILES string of the molecule is CC(=O)OC1=COc2ccccc2C(OC(C)=O)=C1c1ccccc1. The van der Waals surface area contributed by atoms with Gasteiger partial charge in [-0.25, -0.2) is 0 Å². The molecule has 3 rings (SSSR count). The molecule has 0 aliphatic carbocycles. The minimum atomic E-state index is -0.503. The molecule has 1 aliphatic heterocycles. The molecule has 0 unspecified atom stereocenters. The van der Waals surface area contributed by atoms with Crippen molar-refractivity contribution in [1.82, 2.24) is 0 Å². The molecule has 5 heteroatoms. The molecule has 5 nitrogen and oxygen atoms in total. The highest BCUT2D eigenvalue weighted by atomic mass is 16.6. The van der Waals surface area contributed by atoms with E-state index >= 15 is 0 Å². The Morgan fingerprint density at radius 1 is 0.840 bits per heavy atom. The normalized spacial score (nSPS) is 13.1. The summed E-state index contributed by atoms with van der Waals surface area (Å²) >= 11 is 0. The first-order valence-corrected chi connectivity index (χ1v) is 7.69. The summed E-state index contributed by atoms with van der Waals surface area (Å²) in [7, 11) is 0.